The van der Waals surface area contributed by atoms with Crippen molar-refractivity contribution in [2.45, 2.75) is 37.5 Å². The van der Waals surface area contributed by atoms with Crippen molar-refractivity contribution in [1.82, 2.24) is 0 Å². The van der Waals surface area contributed by atoms with Gasteiger partial charge < -0.3 is 5.11 Å². The van der Waals surface area contributed by atoms with Crippen molar-refractivity contribution < 1.29 is 24.3 Å². The molecule has 3 fully saturated rings. The van der Waals surface area contributed by atoms with Crippen LogP contribution in [-0.4, -0.2) is 28.7 Å². The fourth-order valence-electron chi connectivity index (χ4n) is 8.96. The van der Waals surface area contributed by atoms with E-state index in [9.17, 15) is 19.5 Å². The number of aromatic hydroxyl groups is 1. The molecule has 2 aliphatic carbocycles. The highest BCUT2D eigenvalue weighted by molar-refractivity contribution is 6.32. The van der Waals surface area contributed by atoms with Gasteiger partial charge in [-0.2, -0.15) is 0 Å². The van der Waals surface area contributed by atoms with Crippen molar-refractivity contribution in [2.24, 2.45) is 23.7 Å². The molecule has 1 saturated carbocycles. The second-order valence-electron chi connectivity index (χ2n) is 13.2. The number of rotatable bonds is 5. The van der Waals surface area contributed by atoms with Crippen molar-refractivity contribution in [3.8, 4) is 5.75 Å². The summed E-state index contributed by atoms with van der Waals surface area (Å²) in [5.41, 5.74) is 2.82. The molecule has 0 unspecified atom stereocenters. The van der Waals surface area contributed by atoms with E-state index in [0.717, 1.165) is 17.6 Å². The number of hydrogen-bond acceptors (Lipinski definition) is 5. The van der Waals surface area contributed by atoms with Crippen molar-refractivity contribution >= 4 is 46.6 Å². The molecule has 4 aromatic carbocycles. The van der Waals surface area contributed by atoms with E-state index in [1.807, 2.05) is 73.7 Å². The van der Waals surface area contributed by atoms with E-state index < -0.39 is 35.0 Å². The lowest BCUT2D eigenvalue weighted by molar-refractivity contribution is -0.127. The predicted octanol–water partition coefficient (Wildman–Crippen LogP) is 6.98. The molecule has 7 nitrogen and oxygen atoms in total. The van der Waals surface area contributed by atoms with Crippen molar-refractivity contribution in [3.05, 3.63) is 136 Å². The molecule has 2 saturated heterocycles. The monoisotopic (exact) mass is 656 g/mol. The normalized spacial score (nSPS) is 27.9. The van der Waals surface area contributed by atoms with E-state index in [-0.39, 0.29) is 35.8 Å². The average Bonchev–Trinajstić information content (AvgIpc) is 3.49. The lowest BCUT2D eigenvalue weighted by Crippen LogP contribution is -2.53. The number of benzene rings is 4. The van der Waals surface area contributed by atoms with Crippen LogP contribution in [0.3, 0.4) is 0 Å². The number of carbonyl (C=O) groups is 4. The highest BCUT2D eigenvalue weighted by Gasteiger charge is 2.70. The van der Waals surface area contributed by atoms with Gasteiger partial charge in [-0.15, -0.1) is 0 Å². The second-order valence-corrected chi connectivity index (χ2v) is 13.7. The maximum Gasteiger partial charge on any atom is 0.246 e. The quantitative estimate of drug-likeness (QED) is 0.185. The number of phenols is 1. The second kappa shape index (κ2) is 11.3. The van der Waals surface area contributed by atoms with Gasteiger partial charge in [0.15, 0.2) is 0 Å². The molecule has 240 valence electrons. The predicted molar refractivity (Wildman–Crippen MR) is 183 cm³/mol. The van der Waals surface area contributed by atoms with Gasteiger partial charge in [0.05, 0.1) is 34.5 Å². The molecule has 8 rings (SSSR count). The van der Waals surface area contributed by atoms with E-state index in [0.29, 0.717) is 33.9 Å². The molecule has 8 heteroatoms. The number of halogens is 1. The minimum absolute atomic E-state index is 0.0287. The Morgan fingerprint density at radius 2 is 1.52 bits per heavy atom. The van der Waals surface area contributed by atoms with Gasteiger partial charge in [0.25, 0.3) is 0 Å². The topological polar surface area (TPSA) is 95.0 Å². The summed E-state index contributed by atoms with van der Waals surface area (Å²) in [6, 6.07) is 30.4. The fraction of sp³-hybridized carbons (Fsp3) is 0.250. The number of nitrogens with zero attached hydrogens (tertiary/aromatic N) is 2. The van der Waals surface area contributed by atoms with Gasteiger partial charge in [0.2, 0.25) is 23.6 Å². The zero-order valence-electron chi connectivity index (χ0n) is 26.3. The van der Waals surface area contributed by atoms with Crippen LogP contribution >= 0.6 is 11.6 Å². The zero-order valence-corrected chi connectivity index (χ0v) is 27.0. The van der Waals surface area contributed by atoms with Gasteiger partial charge in [0.1, 0.15) is 5.75 Å². The number of amides is 4. The first kappa shape index (κ1) is 30.3. The largest absolute Gasteiger partial charge is 0.508 e. The summed E-state index contributed by atoms with van der Waals surface area (Å²) < 4.78 is 0. The van der Waals surface area contributed by atoms with Crippen LogP contribution in [0.4, 0.5) is 11.4 Å². The summed E-state index contributed by atoms with van der Waals surface area (Å²) in [4.78, 5) is 60.9. The third-order valence-corrected chi connectivity index (χ3v) is 11.2. The van der Waals surface area contributed by atoms with Gasteiger partial charge in [-0.05, 0) is 84.3 Å². The van der Waals surface area contributed by atoms with Gasteiger partial charge in [-0.3, -0.25) is 24.1 Å². The van der Waals surface area contributed by atoms with E-state index in [2.05, 4.69) is 0 Å². The Bertz CT molecular complexity index is 2020. The van der Waals surface area contributed by atoms with Crippen LogP contribution in [0.1, 0.15) is 42.4 Å². The van der Waals surface area contributed by atoms with E-state index in [4.69, 9.17) is 11.6 Å². The number of allylic oxidation sites excluding steroid dienone is 2. The Morgan fingerprint density at radius 3 is 2.23 bits per heavy atom. The van der Waals surface area contributed by atoms with Crippen molar-refractivity contribution in [2.75, 3.05) is 9.80 Å². The summed E-state index contributed by atoms with van der Waals surface area (Å²) in [6.07, 6.45) is 3.40. The molecule has 0 radical (unpaired) electrons. The van der Waals surface area contributed by atoms with E-state index >= 15 is 4.79 Å². The van der Waals surface area contributed by atoms with Crippen LogP contribution in [0, 0.1) is 23.7 Å². The molecular formula is C40H33ClN2O5. The lowest BCUT2D eigenvalue weighted by Gasteiger charge is -2.50. The SMILES string of the molecule is CCc1ccc(N2C(=O)[C@H]3[C@H](CC=C4[C@H]3C[C@H]3C(=O)N(c5cccc(Cl)c5)C(=O)[C@@]3(c3ccccc3)[C@H]4c3cccc(O)c3)C2=O)cc1. The molecule has 4 aromatic rings. The molecule has 0 spiro atoms. The minimum Gasteiger partial charge on any atom is -0.508 e. The summed E-state index contributed by atoms with van der Waals surface area (Å²) in [5, 5.41) is 11.1. The Morgan fingerprint density at radius 1 is 0.771 bits per heavy atom. The van der Waals surface area contributed by atoms with E-state index in [1.165, 1.54) is 9.80 Å². The molecule has 2 aliphatic heterocycles. The number of aryl methyl sites for hydroxylation is 1. The minimum atomic E-state index is -1.38. The maximum atomic E-state index is 15.2. The summed E-state index contributed by atoms with van der Waals surface area (Å²) >= 11 is 6.38. The first-order valence-corrected chi connectivity index (χ1v) is 16.8. The van der Waals surface area contributed by atoms with Crippen molar-refractivity contribution in [3.63, 3.8) is 0 Å². The Labute approximate surface area is 283 Å². The highest BCUT2D eigenvalue weighted by atomic mass is 35.5. The summed E-state index contributed by atoms with van der Waals surface area (Å²) in [6.45, 7) is 2.05. The standard InChI is InChI=1S/C40H33ClN2O5/c1-2-23-14-16-27(17-15-23)42-36(45)31-19-18-30-32(34(31)38(42)47)22-33-37(46)43(28-12-7-11-26(41)21-28)39(48)40(33,25-9-4-3-5-10-25)35(30)24-8-6-13-29(44)20-24/h3-18,20-21,31-35,44H,2,19,22H2,1H3/t31-,32+,33-,34-,35-,40+/m0/s1. The van der Waals surface area contributed by atoms with Gasteiger partial charge in [-0.1, -0.05) is 90.8 Å². The number of hydrogen-bond donors (Lipinski definition) is 1. The van der Waals surface area contributed by atoms with Gasteiger partial charge in [0, 0.05) is 10.9 Å². The van der Waals surface area contributed by atoms with Gasteiger partial charge in [-0.25, -0.2) is 4.90 Å². The molecule has 0 bridgehead atoms. The maximum absolute atomic E-state index is 15.2. The van der Waals surface area contributed by atoms with Crippen LogP contribution in [0.2, 0.25) is 5.02 Å². The molecule has 4 amide bonds. The number of anilines is 2. The smallest absolute Gasteiger partial charge is 0.246 e. The van der Waals surface area contributed by atoms with Crippen LogP contribution in [-0.2, 0) is 31.0 Å². The van der Waals surface area contributed by atoms with Crippen LogP contribution < -0.4 is 9.80 Å². The zero-order chi connectivity index (χ0) is 33.3. The van der Waals surface area contributed by atoms with Crippen molar-refractivity contribution in [1.29, 1.82) is 0 Å². The Kier molecular flexibility index (Phi) is 7.15. The molecule has 48 heavy (non-hydrogen) atoms. The molecule has 0 aromatic heterocycles. The van der Waals surface area contributed by atoms with E-state index in [1.54, 1.807) is 42.5 Å². The summed E-state index contributed by atoms with van der Waals surface area (Å²) in [5.74, 6) is -4.57. The fourth-order valence-corrected chi connectivity index (χ4v) is 9.14. The number of carbonyl (C=O) groups excluding carboxylic acids is 4. The average molecular weight is 657 g/mol. The molecule has 4 aliphatic rings. The highest BCUT2D eigenvalue weighted by Crippen LogP contribution is 2.64. The molecular weight excluding hydrogens is 624 g/mol. The first-order valence-electron chi connectivity index (χ1n) is 16.4. The van der Waals surface area contributed by atoms with Crippen LogP contribution in [0.5, 0.6) is 5.75 Å². The molecule has 1 N–H and O–H groups in total. The number of imide groups is 2. The molecule has 2 heterocycles. The first-order chi connectivity index (χ1) is 23.2. The van der Waals surface area contributed by atoms with Crippen LogP contribution in [0.15, 0.2) is 115 Å². The number of phenolic OH excluding ortho intramolecular Hbond substituents is 1. The Balaban J connectivity index is 1.33. The lowest BCUT2D eigenvalue weighted by atomic mass is 9.49. The van der Waals surface area contributed by atoms with Crippen LogP contribution in [0.25, 0.3) is 0 Å². The third-order valence-electron chi connectivity index (χ3n) is 11.0. The third kappa shape index (κ3) is 4.26. The van der Waals surface area contributed by atoms with Gasteiger partial charge >= 0.3 is 0 Å². The Hall–Kier alpha value is -5.01. The molecule has 6 atom stereocenters. The number of fused-ring (bicyclic) bond motifs is 4. The summed E-state index contributed by atoms with van der Waals surface area (Å²) in [7, 11) is 0.